The summed E-state index contributed by atoms with van der Waals surface area (Å²) in [4.78, 5) is 19.5. The highest BCUT2D eigenvalue weighted by Gasteiger charge is 2.20. The topological polar surface area (TPSA) is 122 Å². The van der Waals surface area contributed by atoms with Gasteiger partial charge in [0.2, 0.25) is 11.9 Å². The van der Waals surface area contributed by atoms with Crippen molar-refractivity contribution in [1.82, 2.24) is 14.7 Å². The standard InChI is InChI=1S/C22H20FN5O4S/c1-4-20(29)28-33(30,31)19-12-16(7-6-14(19)3)26-22-24-13-18(23)21(27-22)25-15-8-10-17(11-9-15)32-5-2/h2,6-13H,4H2,1,3H3,(H,28,29)(H2,24,25,26,27). The second-order valence-corrected chi connectivity index (χ2v) is 8.40. The van der Waals surface area contributed by atoms with Crippen LogP contribution < -0.4 is 20.1 Å². The van der Waals surface area contributed by atoms with E-state index in [1.807, 2.05) is 4.72 Å². The van der Waals surface area contributed by atoms with Gasteiger partial charge in [0.25, 0.3) is 10.0 Å². The van der Waals surface area contributed by atoms with Crippen LogP contribution >= 0.6 is 0 Å². The molecule has 11 heteroatoms. The Morgan fingerprint density at radius 2 is 1.85 bits per heavy atom. The average molecular weight is 469 g/mol. The van der Waals surface area contributed by atoms with E-state index in [2.05, 4.69) is 26.7 Å². The number of nitrogens with zero attached hydrogens (tertiary/aromatic N) is 2. The molecule has 0 saturated carbocycles. The number of nitrogens with one attached hydrogen (secondary N) is 3. The molecule has 1 heterocycles. The van der Waals surface area contributed by atoms with Crippen LogP contribution in [-0.4, -0.2) is 24.3 Å². The summed E-state index contributed by atoms with van der Waals surface area (Å²) >= 11 is 0. The summed E-state index contributed by atoms with van der Waals surface area (Å²) in [5.74, 6) is -0.943. The molecule has 170 valence electrons. The first-order valence-electron chi connectivity index (χ1n) is 9.67. The molecule has 3 N–H and O–H groups in total. The van der Waals surface area contributed by atoms with Gasteiger partial charge in [0.05, 0.1) is 11.1 Å². The van der Waals surface area contributed by atoms with Gasteiger partial charge in [-0.05, 0) is 48.9 Å². The van der Waals surface area contributed by atoms with Crippen molar-refractivity contribution in [1.29, 1.82) is 0 Å². The van der Waals surface area contributed by atoms with Gasteiger partial charge in [0.15, 0.2) is 11.6 Å². The van der Waals surface area contributed by atoms with Gasteiger partial charge in [-0.1, -0.05) is 19.4 Å². The molecule has 0 atom stereocenters. The number of terminal acetylenes is 1. The Bertz CT molecular complexity index is 1320. The number of ether oxygens (including phenoxy) is 1. The number of carbonyl (C=O) groups is 1. The number of hydrogen-bond acceptors (Lipinski definition) is 8. The molecule has 0 unspecified atom stereocenters. The predicted molar refractivity (Wildman–Crippen MR) is 121 cm³/mol. The maximum absolute atomic E-state index is 14.2. The Morgan fingerprint density at radius 1 is 1.15 bits per heavy atom. The van der Waals surface area contributed by atoms with Crippen molar-refractivity contribution in [2.75, 3.05) is 10.6 Å². The lowest BCUT2D eigenvalue weighted by Gasteiger charge is -2.12. The fourth-order valence-corrected chi connectivity index (χ4v) is 4.03. The highest BCUT2D eigenvalue weighted by Crippen LogP contribution is 2.25. The van der Waals surface area contributed by atoms with E-state index in [0.717, 1.165) is 6.20 Å². The number of halogens is 1. The minimum atomic E-state index is -4.06. The molecule has 0 spiro atoms. The van der Waals surface area contributed by atoms with Crippen LogP contribution in [0.5, 0.6) is 5.75 Å². The quantitative estimate of drug-likeness (QED) is 0.428. The van der Waals surface area contributed by atoms with Gasteiger partial charge < -0.3 is 15.4 Å². The van der Waals surface area contributed by atoms with Gasteiger partial charge in [-0.2, -0.15) is 4.98 Å². The summed E-state index contributed by atoms with van der Waals surface area (Å²) in [5, 5.41) is 5.67. The van der Waals surface area contributed by atoms with Crippen molar-refractivity contribution < 1.29 is 22.3 Å². The molecule has 0 radical (unpaired) electrons. The zero-order valence-corrected chi connectivity index (χ0v) is 18.5. The number of rotatable bonds is 8. The van der Waals surface area contributed by atoms with Gasteiger partial charge in [-0.15, -0.1) is 0 Å². The highest BCUT2D eigenvalue weighted by molar-refractivity contribution is 7.90. The molecule has 0 aliphatic rings. The van der Waals surface area contributed by atoms with Crippen molar-refractivity contribution in [2.24, 2.45) is 0 Å². The van der Waals surface area contributed by atoms with E-state index in [1.54, 1.807) is 50.2 Å². The summed E-state index contributed by atoms with van der Waals surface area (Å²) in [6.45, 7) is 3.15. The molecule has 3 rings (SSSR count). The lowest BCUT2D eigenvalue weighted by atomic mass is 10.2. The number of sulfonamides is 1. The number of amides is 1. The van der Waals surface area contributed by atoms with Crippen LogP contribution in [-0.2, 0) is 14.8 Å². The van der Waals surface area contributed by atoms with Gasteiger partial charge in [-0.3, -0.25) is 4.79 Å². The van der Waals surface area contributed by atoms with Crippen LogP contribution in [0, 0.1) is 25.3 Å². The number of hydrogen-bond donors (Lipinski definition) is 3. The first kappa shape index (κ1) is 23.5. The summed E-state index contributed by atoms with van der Waals surface area (Å²) in [5.41, 5.74) is 1.30. The number of benzene rings is 2. The highest BCUT2D eigenvalue weighted by atomic mass is 32.2. The number of aryl methyl sites for hydroxylation is 1. The minimum Gasteiger partial charge on any atom is -0.408 e. The van der Waals surface area contributed by atoms with E-state index < -0.39 is 21.7 Å². The molecule has 0 bridgehead atoms. The third-order valence-electron chi connectivity index (χ3n) is 4.34. The van der Waals surface area contributed by atoms with E-state index in [9.17, 15) is 17.6 Å². The maximum atomic E-state index is 14.2. The molecule has 0 fully saturated rings. The fraction of sp³-hybridized carbons (Fsp3) is 0.136. The number of carbonyl (C=O) groups excluding carboxylic acids is 1. The minimum absolute atomic E-state index is 0.0229. The Labute approximate surface area is 190 Å². The van der Waals surface area contributed by atoms with Crippen LogP contribution in [0.2, 0.25) is 0 Å². The van der Waals surface area contributed by atoms with Gasteiger partial charge >= 0.3 is 0 Å². The Balaban J connectivity index is 1.83. The largest absolute Gasteiger partial charge is 0.408 e. The third kappa shape index (κ3) is 5.96. The predicted octanol–water partition coefficient (Wildman–Crippen LogP) is 3.60. The van der Waals surface area contributed by atoms with E-state index in [0.29, 0.717) is 22.7 Å². The van der Waals surface area contributed by atoms with Gasteiger partial charge in [0.1, 0.15) is 11.9 Å². The van der Waals surface area contributed by atoms with Crippen molar-refractivity contribution >= 4 is 39.1 Å². The molecular formula is C22H20FN5O4S. The Hall–Kier alpha value is -4.17. The number of aromatic nitrogens is 2. The van der Waals surface area contributed by atoms with E-state index in [-0.39, 0.29) is 23.1 Å². The SMILES string of the molecule is C#COc1ccc(Nc2nc(Nc3ccc(C)c(S(=O)(=O)NC(=O)CC)c3)ncc2F)cc1. The van der Waals surface area contributed by atoms with Gasteiger partial charge in [-0.25, -0.2) is 22.5 Å². The summed E-state index contributed by atoms with van der Waals surface area (Å²) in [7, 11) is -4.06. The lowest BCUT2D eigenvalue weighted by Crippen LogP contribution is -2.30. The molecule has 1 amide bonds. The molecule has 0 aliphatic carbocycles. The zero-order chi connectivity index (χ0) is 24.0. The van der Waals surface area contributed by atoms with E-state index in [4.69, 9.17) is 11.2 Å². The molecule has 0 aliphatic heterocycles. The van der Waals surface area contributed by atoms with Crippen molar-refractivity contribution in [2.45, 2.75) is 25.2 Å². The lowest BCUT2D eigenvalue weighted by molar-refractivity contribution is -0.119. The fourth-order valence-electron chi connectivity index (χ4n) is 2.70. The smallest absolute Gasteiger partial charge is 0.264 e. The zero-order valence-electron chi connectivity index (χ0n) is 17.7. The van der Waals surface area contributed by atoms with Crippen LogP contribution in [0.15, 0.2) is 53.6 Å². The summed E-state index contributed by atoms with van der Waals surface area (Å²) in [6, 6.07) is 11.0. The Morgan fingerprint density at radius 3 is 2.52 bits per heavy atom. The van der Waals surface area contributed by atoms with Crippen molar-refractivity contribution in [3.63, 3.8) is 0 Å². The third-order valence-corrected chi connectivity index (χ3v) is 5.86. The maximum Gasteiger partial charge on any atom is 0.264 e. The second-order valence-electron chi connectivity index (χ2n) is 6.75. The van der Waals surface area contributed by atoms with Crippen molar-refractivity contribution in [3.05, 3.63) is 60.0 Å². The van der Waals surface area contributed by atoms with Gasteiger partial charge in [0, 0.05) is 17.8 Å². The molecule has 33 heavy (non-hydrogen) atoms. The second kappa shape index (κ2) is 9.97. The first-order valence-corrected chi connectivity index (χ1v) is 11.2. The molecular weight excluding hydrogens is 449 g/mol. The molecule has 2 aromatic carbocycles. The normalized spacial score (nSPS) is 10.7. The molecule has 1 aromatic heterocycles. The average Bonchev–Trinajstić information content (AvgIpc) is 2.78. The van der Waals surface area contributed by atoms with Crippen LogP contribution in [0.4, 0.5) is 27.5 Å². The molecule has 0 saturated heterocycles. The Kier molecular flexibility index (Phi) is 7.10. The molecule has 3 aromatic rings. The summed E-state index contributed by atoms with van der Waals surface area (Å²) < 4.78 is 46.2. The number of anilines is 4. The van der Waals surface area contributed by atoms with Crippen molar-refractivity contribution in [3.8, 4) is 18.3 Å². The van der Waals surface area contributed by atoms with E-state index >= 15 is 0 Å². The molecule has 9 nitrogen and oxygen atoms in total. The summed E-state index contributed by atoms with van der Waals surface area (Å²) in [6.07, 6.45) is 8.13. The first-order chi connectivity index (χ1) is 15.7. The van der Waals surface area contributed by atoms with Crippen LogP contribution in [0.3, 0.4) is 0 Å². The monoisotopic (exact) mass is 469 g/mol. The van der Waals surface area contributed by atoms with Crippen LogP contribution in [0.1, 0.15) is 18.9 Å². The van der Waals surface area contributed by atoms with Crippen LogP contribution in [0.25, 0.3) is 0 Å². The van der Waals surface area contributed by atoms with E-state index in [1.165, 1.54) is 6.07 Å².